The van der Waals surface area contributed by atoms with E-state index < -0.39 is 0 Å². The first-order valence-electron chi connectivity index (χ1n) is 5.00. The molecule has 0 fully saturated rings. The molecular weight excluding hydrogens is 172 g/mol. The largest absolute Gasteiger partial charge is 0.361 e. The molecule has 0 aliphatic rings. The standard InChI is InChI=1S/C12H16N2/c1-8-7-9(2)12-11(4-6-14-12)10(8)3-5-13/h4,6-7,14H,3,5,13H2,1-2H3. The van der Waals surface area contributed by atoms with E-state index in [2.05, 4.69) is 31.0 Å². The molecule has 1 aromatic heterocycles. The first kappa shape index (κ1) is 9.28. The number of hydrogen-bond acceptors (Lipinski definition) is 1. The maximum atomic E-state index is 5.62. The lowest BCUT2D eigenvalue weighted by Crippen LogP contribution is -2.04. The van der Waals surface area contributed by atoms with Crippen LogP contribution in [0.2, 0.25) is 0 Å². The molecule has 2 aromatic rings. The molecule has 0 saturated carbocycles. The molecule has 0 spiro atoms. The van der Waals surface area contributed by atoms with Crippen LogP contribution in [-0.2, 0) is 6.42 Å². The highest BCUT2D eigenvalue weighted by Crippen LogP contribution is 2.24. The van der Waals surface area contributed by atoms with Crippen molar-refractivity contribution >= 4 is 10.9 Å². The molecule has 1 heterocycles. The third kappa shape index (κ3) is 1.32. The number of fused-ring (bicyclic) bond motifs is 1. The van der Waals surface area contributed by atoms with Crippen LogP contribution in [0.25, 0.3) is 10.9 Å². The van der Waals surface area contributed by atoms with Gasteiger partial charge in [-0.1, -0.05) is 6.07 Å². The summed E-state index contributed by atoms with van der Waals surface area (Å²) in [5.74, 6) is 0. The topological polar surface area (TPSA) is 41.8 Å². The molecule has 74 valence electrons. The van der Waals surface area contributed by atoms with Crippen molar-refractivity contribution in [3.8, 4) is 0 Å². The van der Waals surface area contributed by atoms with Crippen molar-refractivity contribution in [3.63, 3.8) is 0 Å². The van der Waals surface area contributed by atoms with Crippen molar-refractivity contribution in [2.24, 2.45) is 5.73 Å². The SMILES string of the molecule is Cc1cc(C)c2[nH]ccc2c1CCN. The predicted molar refractivity (Wildman–Crippen MR) is 60.5 cm³/mol. The zero-order valence-electron chi connectivity index (χ0n) is 8.72. The third-order valence-corrected chi connectivity index (χ3v) is 2.77. The lowest BCUT2D eigenvalue weighted by molar-refractivity contribution is 0.966. The van der Waals surface area contributed by atoms with E-state index in [1.165, 1.54) is 27.6 Å². The number of rotatable bonds is 2. The third-order valence-electron chi connectivity index (χ3n) is 2.77. The smallest absolute Gasteiger partial charge is 0.0486 e. The summed E-state index contributed by atoms with van der Waals surface area (Å²) in [5.41, 5.74) is 10.9. The zero-order chi connectivity index (χ0) is 10.1. The van der Waals surface area contributed by atoms with Gasteiger partial charge in [-0.15, -0.1) is 0 Å². The molecule has 0 bridgehead atoms. The van der Waals surface area contributed by atoms with Crippen LogP contribution in [0.4, 0.5) is 0 Å². The molecule has 14 heavy (non-hydrogen) atoms. The average Bonchev–Trinajstić information content (AvgIpc) is 2.60. The van der Waals surface area contributed by atoms with Crippen LogP contribution in [-0.4, -0.2) is 11.5 Å². The Labute approximate surface area is 84.1 Å². The minimum atomic E-state index is 0.712. The zero-order valence-corrected chi connectivity index (χ0v) is 8.72. The molecule has 3 N–H and O–H groups in total. The summed E-state index contributed by atoms with van der Waals surface area (Å²) in [5, 5.41) is 1.33. The number of hydrogen-bond donors (Lipinski definition) is 2. The molecule has 2 rings (SSSR count). The summed E-state index contributed by atoms with van der Waals surface area (Å²) >= 11 is 0. The summed E-state index contributed by atoms with van der Waals surface area (Å²) in [6.07, 6.45) is 2.96. The molecule has 0 aliphatic carbocycles. The summed E-state index contributed by atoms with van der Waals surface area (Å²) < 4.78 is 0. The van der Waals surface area contributed by atoms with E-state index in [0.29, 0.717) is 6.54 Å². The second-order valence-corrected chi connectivity index (χ2v) is 3.79. The van der Waals surface area contributed by atoms with E-state index in [1.54, 1.807) is 0 Å². The van der Waals surface area contributed by atoms with Gasteiger partial charge in [0, 0.05) is 17.1 Å². The van der Waals surface area contributed by atoms with Crippen LogP contribution in [0, 0.1) is 13.8 Å². The van der Waals surface area contributed by atoms with Gasteiger partial charge in [-0.2, -0.15) is 0 Å². The monoisotopic (exact) mass is 188 g/mol. The van der Waals surface area contributed by atoms with E-state index in [-0.39, 0.29) is 0 Å². The fourth-order valence-electron chi connectivity index (χ4n) is 2.12. The average molecular weight is 188 g/mol. The summed E-state index contributed by atoms with van der Waals surface area (Å²) in [7, 11) is 0. The van der Waals surface area contributed by atoms with Gasteiger partial charge in [0.25, 0.3) is 0 Å². The molecule has 2 nitrogen and oxygen atoms in total. The quantitative estimate of drug-likeness (QED) is 0.746. The number of nitrogens with two attached hydrogens (primary N) is 1. The van der Waals surface area contributed by atoms with Crippen molar-refractivity contribution in [1.82, 2.24) is 4.98 Å². The van der Waals surface area contributed by atoms with Gasteiger partial charge in [-0.3, -0.25) is 0 Å². The maximum Gasteiger partial charge on any atom is 0.0486 e. The number of H-pyrrole nitrogens is 1. The number of nitrogens with one attached hydrogen (secondary N) is 1. The number of benzene rings is 1. The van der Waals surface area contributed by atoms with E-state index in [9.17, 15) is 0 Å². The van der Waals surface area contributed by atoms with Crippen molar-refractivity contribution in [1.29, 1.82) is 0 Å². The van der Waals surface area contributed by atoms with Gasteiger partial charge in [0.2, 0.25) is 0 Å². The first-order chi connectivity index (χ1) is 6.74. The first-order valence-corrected chi connectivity index (χ1v) is 5.00. The normalized spacial score (nSPS) is 11.1. The van der Waals surface area contributed by atoms with Gasteiger partial charge in [0.05, 0.1) is 0 Å². The molecular formula is C12H16N2. The van der Waals surface area contributed by atoms with Crippen molar-refractivity contribution < 1.29 is 0 Å². The van der Waals surface area contributed by atoms with Crippen LogP contribution in [0.3, 0.4) is 0 Å². The van der Waals surface area contributed by atoms with Crippen LogP contribution < -0.4 is 5.73 Å². The van der Waals surface area contributed by atoms with Gasteiger partial charge in [0.15, 0.2) is 0 Å². The fraction of sp³-hybridized carbons (Fsp3) is 0.333. The van der Waals surface area contributed by atoms with Gasteiger partial charge < -0.3 is 10.7 Å². The van der Waals surface area contributed by atoms with E-state index in [0.717, 1.165) is 6.42 Å². The number of aromatic nitrogens is 1. The Morgan fingerprint density at radius 3 is 2.79 bits per heavy atom. The lowest BCUT2D eigenvalue weighted by Gasteiger charge is -2.08. The van der Waals surface area contributed by atoms with Crippen molar-refractivity contribution in [2.45, 2.75) is 20.3 Å². The van der Waals surface area contributed by atoms with Crippen LogP contribution >= 0.6 is 0 Å². The van der Waals surface area contributed by atoms with E-state index >= 15 is 0 Å². The van der Waals surface area contributed by atoms with Gasteiger partial charge in [-0.05, 0) is 49.6 Å². The Morgan fingerprint density at radius 2 is 2.07 bits per heavy atom. The van der Waals surface area contributed by atoms with Crippen LogP contribution in [0.15, 0.2) is 18.3 Å². The molecule has 0 saturated heterocycles. The lowest BCUT2D eigenvalue weighted by atomic mass is 9.98. The number of aromatic amines is 1. The fourth-order valence-corrected chi connectivity index (χ4v) is 2.12. The summed E-state index contributed by atoms with van der Waals surface area (Å²) in [4.78, 5) is 3.27. The van der Waals surface area contributed by atoms with Crippen molar-refractivity contribution in [2.75, 3.05) is 6.54 Å². The van der Waals surface area contributed by atoms with Gasteiger partial charge in [0.1, 0.15) is 0 Å². The highest BCUT2D eigenvalue weighted by atomic mass is 14.7. The van der Waals surface area contributed by atoms with Crippen LogP contribution in [0.1, 0.15) is 16.7 Å². The molecule has 2 heteroatoms. The highest BCUT2D eigenvalue weighted by Gasteiger charge is 2.07. The molecule has 0 aliphatic heterocycles. The Balaban J connectivity index is 2.73. The molecule has 0 radical (unpaired) electrons. The van der Waals surface area contributed by atoms with Gasteiger partial charge in [-0.25, -0.2) is 0 Å². The minimum Gasteiger partial charge on any atom is -0.361 e. The van der Waals surface area contributed by atoms with E-state index in [1.807, 2.05) is 6.20 Å². The molecule has 1 aromatic carbocycles. The van der Waals surface area contributed by atoms with Gasteiger partial charge >= 0.3 is 0 Å². The predicted octanol–water partition coefficient (Wildman–Crippen LogP) is 2.29. The highest BCUT2D eigenvalue weighted by molar-refractivity contribution is 5.87. The maximum absolute atomic E-state index is 5.62. The molecule has 0 atom stereocenters. The van der Waals surface area contributed by atoms with Crippen molar-refractivity contribution in [3.05, 3.63) is 35.0 Å². The Morgan fingerprint density at radius 1 is 1.29 bits per heavy atom. The summed E-state index contributed by atoms with van der Waals surface area (Å²) in [6, 6.07) is 4.37. The Hall–Kier alpha value is -1.28. The number of aryl methyl sites for hydroxylation is 2. The Bertz CT molecular complexity index is 455. The van der Waals surface area contributed by atoms with E-state index in [4.69, 9.17) is 5.73 Å². The second kappa shape index (κ2) is 3.46. The second-order valence-electron chi connectivity index (χ2n) is 3.79. The Kier molecular flexibility index (Phi) is 2.30. The minimum absolute atomic E-state index is 0.712. The summed E-state index contributed by atoms with van der Waals surface area (Å²) in [6.45, 7) is 5.01. The van der Waals surface area contributed by atoms with Crippen LogP contribution in [0.5, 0.6) is 0 Å². The molecule has 0 unspecified atom stereocenters. The molecule has 0 amide bonds.